The maximum absolute atomic E-state index is 11.7. The summed E-state index contributed by atoms with van der Waals surface area (Å²) in [7, 11) is 2.46. The van der Waals surface area contributed by atoms with E-state index in [0.29, 0.717) is 35.8 Å². The maximum atomic E-state index is 11.7. The van der Waals surface area contributed by atoms with E-state index in [-0.39, 0.29) is 22.7 Å². The van der Waals surface area contributed by atoms with E-state index in [1.54, 1.807) is 48.5 Å². The minimum atomic E-state index is -0.668. The Balaban J connectivity index is 1.77. The fourth-order valence-corrected chi connectivity index (χ4v) is 3.07. The zero-order valence-corrected chi connectivity index (χ0v) is 20.9. The van der Waals surface area contributed by atoms with Crippen LogP contribution >= 0.6 is 0 Å². The van der Waals surface area contributed by atoms with Gasteiger partial charge in [-0.2, -0.15) is 0 Å². The molecule has 36 heavy (non-hydrogen) atoms. The second-order valence-electron chi connectivity index (χ2n) is 7.75. The number of ketones is 2. The maximum Gasteiger partial charge on any atom is 0.341 e. The minimum absolute atomic E-state index is 0.0146. The van der Waals surface area contributed by atoms with E-state index in [1.807, 2.05) is 0 Å². The number of ether oxygens (including phenoxy) is 4. The molecule has 190 valence electrons. The van der Waals surface area contributed by atoms with Gasteiger partial charge in [0.2, 0.25) is 0 Å². The fourth-order valence-electron chi connectivity index (χ4n) is 3.07. The van der Waals surface area contributed by atoms with Crippen molar-refractivity contribution in [1.82, 2.24) is 0 Å². The van der Waals surface area contributed by atoms with E-state index in [0.717, 1.165) is 12.8 Å². The number of hydrogen-bond donors (Lipinski definition) is 0. The van der Waals surface area contributed by atoms with Crippen LogP contribution in [0.3, 0.4) is 0 Å². The topological polar surface area (TPSA) is 105 Å². The molecule has 0 amide bonds. The van der Waals surface area contributed by atoms with Gasteiger partial charge in [0.1, 0.15) is 22.6 Å². The Morgan fingerprint density at radius 3 is 1.22 bits per heavy atom. The Labute approximate surface area is 210 Å². The molecule has 0 aliphatic rings. The van der Waals surface area contributed by atoms with Gasteiger partial charge < -0.3 is 18.9 Å². The first-order valence-electron chi connectivity index (χ1n) is 11.3. The number of rotatable bonds is 13. The molecule has 0 spiro atoms. The van der Waals surface area contributed by atoms with Gasteiger partial charge in [-0.25, -0.2) is 9.59 Å². The van der Waals surface area contributed by atoms with Crippen molar-refractivity contribution in [3.63, 3.8) is 0 Å². The molecular weight excluding hydrogens is 464 g/mol. The SMILES string of the molecule is COC(=O)/C(=C\c1ccc(OCCCCOc2ccc(/C=C(/C(C)=O)C(=O)OC)cc2)cc1)C(C)=O. The monoisotopic (exact) mass is 494 g/mol. The van der Waals surface area contributed by atoms with Gasteiger partial charge in [-0.3, -0.25) is 9.59 Å². The van der Waals surface area contributed by atoms with Crippen molar-refractivity contribution in [2.75, 3.05) is 27.4 Å². The molecule has 8 heteroatoms. The number of carbonyl (C=O) groups excluding carboxylic acids is 4. The third kappa shape index (κ3) is 8.87. The van der Waals surface area contributed by atoms with Crippen LogP contribution in [0.5, 0.6) is 11.5 Å². The summed E-state index contributed by atoms with van der Waals surface area (Å²) in [5, 5.41) is 0. The molecule has 0 heterocycles. The lowest BCUT2D eigenvalue weighted by Gasteiger charge is -2.09. The predicted octanol–water partition coefficient (Wildman–Crippen LogP) is 4.22. The number of carbonyl (C=O) groups is 4. The van der Waals surface area contributed by atoms with E-state index >= 15 is 0 Å². The number of methoxy groups -OCH3 is 2. The van der Waals surface area contributed by atoms with Crippen LogP contribution in [0.15, 0.2) is 59.7 Å². The van der Waals surface area contributed by atoms with Gasteiger partial charge >= 0.3 is 11.9 Å². The number of hydrogen-bond acceptors (Lipinski definition) is 8. The summed E-state index contributed by atoms with van der Waals surface area (Å²) >= 11 is 0. The van der Waals surface area contributed by atoms with Crippen LogP contribution in [0.1, 0.15) is 37.8 Å². The van der Waals surface area contributed by atoms with Gasteiger partial charge in [0.05, 0.1) is 27.4 Å². The number of unbranched alkanes of at least 4 members (excludes halogenated alkanes) is 1. The molecule has 0 saturated heterocycles. The molecule has 0 N–H and O–H groups in total. The Morgan fingerprint density at radius 2 is 0.944 bits per heavy atom. The molecule has 0 fully saturated rings. The summed E-state index contributed by atoms with van der Waals surface area (Å²) in [6.07, 6.45) is 4.53. The largest absolute Gasteiger partial charge is 0.494 e. The summed E-state index contributed by atoms with van der Waals surface area (Å²) in [5.74, 6) is -0.708. The Morgan fingerprint density at radius 1 is 0.611 bits per heavy atom. The van der Waals surface area contributed by atoms with Crippen molar-refractivity contribution >= 4 is 35.7 Å². The second kappa shape index (κ2) is 14.3. The average molecular weight is 495 g/mol. The molecule has 0 radical (unpaired) electrons. The summed E-state index contributed by atoms with van der Waals surface area (Å²) in [4.78, 5) is 46.6. The van der Waals surface area contributed by atoms with Gasteiger partial charge in [-0.1, -0.05) is 24.3 Å². The molecular formula is C28H30O8. The van der Waals surface area contributed by atoms with Crippen molar-refractivity contribution in [2.24, 2.45) is 0 Å². The van der Waals surface area contributed by atoms with Gasteiger partial charge in [0.15, 0.2) is 11.6 Å². The molecule has 0 atom stereocenters. The van der Waals surface area contributed by atoms with Crippen LogP contribution in [0.25, 0.3) is 12.2 Å². The molecule has 0 aromatic heterocycles. The standard InChI is InChI=1S/C28H30O8/c1-19(29)25(27(31)33-3)17-21-7-11-23(12-8-21)35-15-5-6-16-36-24-13-9-22(10-14-24)18-26(20(2)30)28(32)34-4/h7-14,17-18H,5-6,15-16H2,1-4H3/b25-17-,26-18-. The lowest BCUT2D eigenvalue weighted by atomic mass is 10.1. The highest BCUT2D eigenvalue weighted by Gasteiger charge is 2.15. The lowest BCUT2D eigenvalue weighted by Crippen LogP contribution is -2.11. The minimum Gasteiger partial charge on any atom is -0.494 e. The van der Waals surface area contributed by atoms with Crippen LogP contribution in [0.2, 0.25) is 0 Å². The van der Waals surface area contributed by atoms with E-state index in [4.69, 9.17) is 9.47 Å². The quantitative estimate of drug-likeness (QED) is 0.134. The normalized spacial score (nSPS) is 11.4. The highest BCUT2D eigenvalue weighted by Crippen LogP contribution is 2.17. The van der Waals surface area contributed by atoms with Crippen molar-refractivity contribution in [1.29, 1.82) is 0 Å². The first-order chi connectivity index (χ1) is 17.2. The average Bonchev–Trinajstić information content (AvgIpc) is 2.88. The van der Waals surface area contributed by atoms with E-state index in [9.17, 15) is 19.2 Å². The summed E-state index contributed by atoms with van der Waals surface area (Å²) in [5.41, 5.74) is 1.35. The van der Waals surface area contributed by atoms with Crippen molar-refractivity contribution in [3.8, 4) is 11.5 Å². The molecule has 8 nitrogen and oxygen atoms in total. The third-order valence-corrected chi connectivity index (χ3v) is 5.03. The third-order valence-electron chi connectivity index (χ3n) is 5.03. The molecule has 0 bridgehead atoms. The molecule has 2 rings (SSSR count). The number of esters is 2. The van der Waals surface area contributed by atoms with Crippen LogP contribution in [-0.2, 0) is 28.7 Å². The van der Waals surface area contributed by atoms with E-state index in [2.05, 4.69) is 9.47 Å². The molecule has 2 aromatic rings. The van der Waals surface area contributed by atoms with Crippen LogP contribution in [-0.4, -0.2) is 50.9 Å². The van der Waals surface area contributed by atoms with Crippen molar-refractivity contribution in [3.05, 3.63) is 70.8 Å². The molecule has 2 aromatic carbocycles. The van der Waals surface area contributed by atoms with Crippen molar-refractivity contribution in [2.45, 2.75) is 26.7 Å². The van der Waals surface area contributed by atoms with Gasteiger partial charge in [-0.15, -0.1) is 0 Å². The zero-order valence-electron chi connectivity index (χ0n) is 20.9. The van der Waals surface area contributed by atoms with Crippen LogP contribution in [0, 0.1) is 0 Å². The second-order valence-corrected chi connectivity index (χ2v) is 7.75. The first kappa shape index (κ1) is 28.0. The molecule has 0 aliphatic heterocycles. The fraction of sp³-hybridized carbons (Fsp3) is 0.286. The zero-order chi connectivity index (χ0) is 26.5. The summed E-state index contributed by atoms with van der Waals surface area (Å²) in [6.45, 7) is 3.64. The molecule has 0 saturated carbocycles. The number of Topliss-reactive ketones (excluding diaryl/α,β-unsaturated/α-hetero) is 2. The molecule has 0 aliphatic carbocycles. The highest BCUT2D eigenvalue weighted by atomic mass is 16.5. The predicted molar refractivity (Wildman–Crippen MR) is 134 cm³/mol. The number of benzene rings is 2. The van der Waals surface area contributed by atoms with Gasteiger partial charge in [0.25, 0.3) is 0 Å². The first-order valence-corrected chi connectivity index (χ1v) is 11.3. The van der Waals surface area contributed by atoms with Crippen LogP contribution < -0.4 is 9.47 Å². The molecule has 0 unspecified atom stereocenters. The highest BCUT2D eigenvalue weighted by molar-refractivity contribution is 6.20. The van der Waals surface area contributed by atoms with E-state index in [1.165, 1.54) is 40.2 Å². The Hall–Kier alpha value is -4.20. The van der Waals surface area contributed by atoms with E-state index < -0.39 is 11.9 Å². The Bertz CT molecular complexity index is 1030. The van der Waals surface area contributed by atoms with Crippen molar-refractivity contribution < 1.29 is 38.1 Å². The van der Waals surface area contributed by atoms with Gasteiger partial charge in [-0.05, 0) is 74.2 Å². The summed E-state index contributed by atoms with van der Waals surface area (Å²) in [6, 6.07) is 14.1. The van der Waals surface area contributed by atoms with Gasteiger partial charge in [0, 0.05) is 0 Å². The smallest absolute Gasteiger partial charge is 0.341 e. The summed E-state index contributed by atoms with van der Waals surface area (Å²) < 4.78 is 20.7. The van der Waals surface area contributed by atoms with Crippen LogP contribution in [0.4, 0.5) is 0 Å². The Kier molecular flexibility index (Phi) is 11.1. The lowest BCUT2D eigenvalue weighted by molar-refractivity contribution is -0.138.